The minimum atomic E-state index is 0.224. The Morgan fingerprint density at radius 2 is 1.94 bits per heavy atom. The highest BCUT2D eigenvalue weighted by molar-refractivity contribution is 7.18. The number of fused-ring (bicyclic) bond motifs is 1. The smallest absolute Gasteiger partial charge is 0.0942 e. The molecule has 1 aromatic carbocycles. The average Bonchev–Trinajstić information content (AvgIpc) is 2.67. The molecule has 0 aliphatic rings. The maximum Gasteiger partial charge on any atom is 0.0942 e. The molecule has 2 unspecified atom stereocenters. The lowest BCUT2D eigenvalue weighted by molar-refractivity contribution is 0.329. The van der Waals surface area contributed by atoms with Gasteiger partial charge in [-0.3, -0.25) is 0 Å². The molecule has 1 heterocycles. The van der Waals surface area contributed by atoms with E-state index in [4.69, 9.17) is 5.73 Å². The summed E-state index contributed by atoms with van der Waals surface area (Å²) in [4.78, 5) is 4.68. The van der Waals surface area contributed by atoms with Crippen molar-refractivity contribution in [3.8, 4) is 0 Å². The van der Waals surface area contributed by atoms with E-state index in [-0.39, 0.29) is 6.04 Å². The summed E-state index contributed by atoms with van der Waals surface area (Å²) in [5.41, 5.74) is 7.17. The average molecular weight is 248 g/mol. The van der Waals surface area contributed by atoms with Crippen LogP contribution in [0.4, 0.5) is 0 Å². The van der Waals surface area contributed by atoms with Crippen molar-refractivity contribution < 1.29 is 0 Å². The van der Waals surface area contributed by atoms with Crippen molar-refractivity contribution in [3.63, 3.8) is 0 Å². The van der Waals surface area contributed by atoms with Crippen LogP contribution in [0.1, 0.15) is 25.8 Å². The molecule has 0 aliphatic carbocycles. The van der Waals surface area contributed by atoms with E-state index in [1.54, 1.807) is 11.3 Å². The Balaban J connectivity index is 2.22. The van der Waals surface area contributed by atoms with Crippen molar-refractivity contribution >= 4 is 21.6 Å². The predicted molar refractivity (Wildman–Crippen MR) is 75.3 cm³/mol. The highest BCUT2D eigenvalue weighted by Crippen LogP contribution is 2.26. The minimum absolute atomic E-state index is 0.224. The molecular weight excluding hydrogens is 228 g/mol. The van der Waals surface area contributed by atoms with Crippen molar-refractivity contribution in [2.75, 3.05) is 0 Å². The molecule has 0 aliphatic heterocycles. The van der Waals surface area contributed by atoms with E-state index < -0.39 is 0 Å². The molecule has 2 aromatic rings. The first-order chi connectivity index (χ1) is 8.08. The summed E-state index contributed by atoms with van der Waals surface area (Å²) in [7, 11) is 0. The van der Waals surface area contributed by atoms with Crippen LogP contribution in [-0.4, -0.2) is 11.0 Å². The molecule has 17 heavy (non-hydrogen) atoms. The Morgan fingerprint density at radius 1 is 1.24 bits per heavy atom. The highest BCUT2D eigenvalue weighted by Gasteiger charge is 2.20. The zero-order chi connectivity index (χ0) is 12.4. The van der Waals surface area contributed by atoms with Crippen molar-refractivity contribution in [2.45, 2.75) is 33.2 Å². The number of para-hydroxylation sites is 1. The zero-order valence-electron chi connectivity index (χ0n) is 10.7. The van der Waals surface area contributed by atoms with Crippen LogP contribution in [0.5, 0.6) is 0 Å². The number of rotatable bonds is 4. The van der Waals surface area contributed by atoms with Crippen LogP contribution in [0, 0.1) is 11.8 Å². The molecule has 92 valence electrons. The molecule has 2 atom stereocenters. The number of benzene rings is 1. The Morgan fingerprint density at radius 3 is 2.53 bits per heavy atom. The first kappa shape index (κ1) is 12.5. The van der Waals surface area contributed by atoms with E-state index in [1.807, 2.05) is 6.07 Å². The van der Waals surface area contributed by atoms with Crippen LogP contribution < -0.4 is 5.73 Å². The van der Waals surface area contributed by atoms with Gasteiger partial charge in [0.2, 0.25) is 0 Å². The second-order valence-electron chi connectivity index (χ2n) is 5.05. The van der Waals surface area contributed by atoms with Gasteiger partial charge in [-0.2, -0.15) is 0 Å². The van der Waals surface area contributed by atoms with Gasteiger partial charge < -0.3 is 5.73 Å². The van der Waals surface area contributed by atoms with E-state index in [1.165, 1.54) is 9.71 Å². The standard InChI is InChI=1S/C14H20N2S/c1-9(2)11(10(3)15)8-14-16-12-6-4-5-7-13(12)17-14/h4-7,9-11H,8,15H2,1-3H3. The lowest BCUT2D eigenvalue weighted by Gasteiger charge is -2.23. The molecule has 2 N–H and O–H groups in total. The largest absolute Gasteiger partial charge is 0.328 e. The lowest BCUT2D eigenvalue weighted by Crippen LogP contribution is -2.32. The van der Waals surface area contributed by atoms with Gasteiger partial charge in [0.25, 0.3) is 0 Å². The van der Waals surface area contributed by atoms with Crippen molar-refractivity contribution in [1.82, 2.24) is 4.98 Å². The van der Waals surface area contributed by atoms with E-state index in [0.29, 0.717) is 11.8 Å². The third kappa shape index (κ3) is 2.85. The molecule has 0 fully saturated rings. The number of hydrogen-bond acceptors (Lipinski definition) is 3. The molecular formula is C14H20N2S. The summed E-state index contributed by atoms with van der Waals surface area (Å²) in [5.74, 6) is 1.11. The first-order valence-electron chi connectivity index (χ1n) is 6.18. The fraction of sp³-hybridized carbons (Fsp3) is 0.500. The molecule has 2 rings (SSSR count). The normalized spacial score (nSPS) is 15.4. The number of hydrogen-bond donors (Lipinski definition) is 1. The Labute approximate surface area is 107 Å². The van der Waals surface area contributed by atoms with Crippen molar-refractivity contribution in [2.24, 2.45) is 17.6 Å². The van der Waals surface area contributed by atoms with Gasteiger partial charge in [0.05, 0.1) is 15.2 Å². The molecule has 0 amide bonds. The maximum atomic E-state index is 6.06. The van der Waals surface area contributed by atoms with E-state index in [0.717, 1.165) is 11.9 Å². The van der Waals surface area contributed by atoms with Crippen molar-refractivity contribution in [1.29, 1.82) is 0 Å². The summed E-state index contributed by atoms with van der Waals surface area (Å²) < 4.78 is 1.27. The molecule has 0 bridgehead atoms. The third-order valence-electron chi connectivity index (χ3n) is 3.28. The van der Waals surface area contributed by atoms with Gasteiger partial charge in [0.15, 0.2) is 0 Å². The topological polar surface area (TPSA) is 38.9 Å². The van der Waals surface area contributed by atoms with Crippen molar-refractivity contribution in [3.05, 3.63) is 29.3 Å². The highest BCUT2D eigenvalue weighted by atomic mass is 32.1. The molecule has 0 saturated carbocycles. The van der Waals surface area contributed by atoms with Gasteiger partial charge in [0.1, 0.15) is 0 Å². The van der Waals surface area contributed by atoms with Gasteiger partial charge in [-0.25, -0.2) is 4.98 Å². The van der Waals surface area contributed by atoms with E-state index >= 15 is 0 Å². The lowest BCUT2D eigenvalue weighted by atomic mass is 9.87. The second kappa shape index (κ2) is 5.15. The molecule has 0 saturated heterocycles. The summed E-state index contributed by atoms with van der Waals surface area (Å²) in [6, 6.07) is 8.54. The Bertz CT molecular complexity index is 447. The fourth-order valence-corrected chi connectivity index (χ4v) is 3.28. The van der Waals surface area contributed by atoms with Gasteiger partial charge in [-0.15, -0.1) is 11.3 Å². The fourth-order valence-electron chi connectivity index (χ4n) is 2.24. The Hall–Kier alpha value is -0.930. The zero-order valence-corrected chi connectivity index (χ0v) is 11.5. The predicted octanol–water partition coefficient (Wildman–Crippen LogP) is 3.46. The van der Waals surface area contributed by atoms with Crippen LogP contribution >= 0.6 is 11.3 Å². The number of nitrogens with two attached hydrogens (primary N) is 1. The summed E-state index contributed by atoms with van der Waals surface area (Å²) in [5, 5.41) is 1.21. The Kier molecular flexibility index (Phi) is 3.79. The minimum Gasteiger partial charge on any atom is -0.328 e. The molecule has 2 nitrogen and oxygen atoms in total. The van der Waals surface area contributed by atoms with Gasteiger partial charge in [0, 0.05) is 12.5 Å². The number of thiazole rings is 1. The van der Waals surface area contributed by atoms with Gasteiger partial charge >= 0.3 is 0 Å². The molecule has 1 aromatic heterocycles. The summed E-state index contributed by atoms with van der Waals surface area (Å²) in [6.07, 6.45) is 0.995. The number of aromatic nitrogens is 1. The van der Waals surface area contributed by atoms with Crippen LogP contribution in [0.3, 0.4) is 0 Å². The number of nitrogens with zero attached hydrogens (tertiary/aromatic N) is 1. The quantitative estimate of drug-likeness (QED) is 0.900. The molecule has 0 spiro atoms. The summed E-state index contributed by atoms with van der Waals surface area (Å²) in [6.45, 7) is 6.57. The molecule has 3 heteroatoms. The van der Waals surface area contributed by atoms with E-state index in [2.05, 4.69) is 44.0 Å². The first-order valence-corrected chi connectivity index (χ1v) is 6.99. The maximum absolute atomic E-state index is 6.06. The van der Waals surface area contributed by atoms with Gasteiger partial charge in [-0.1, -0.05) is 26.0 Å². The third-order valence-corrected chi connectivity index (χ3v) is 4.34. The van der Waals surface area contributed by atoms with Crippen LogP contribution in [0.2, 0.25) is 0 Å². The summed E-state index contributed by atoms with van der Waals surface area (Å²) >= 11 is 1.79. The monoisotopic (exact) mass is 248 g/mol. The SMILES string of the molecule is CC(C)C(Cc1nc2ccccc2s1)C(C)N. The van der Waals surface area contributed by atoms with Crippen LogP contribution in [0.25, 0.3) is 10.2 Å². The molecule has 0 radical (unpaired) electrons. The van der Waals surface area contributed by atoms with Crippen LogP contribution in [-0.2, 0) is 6.42 Å². The second-order valence-corrected chi connectivity index (χ2v) is 6.16. The van der Waals surface area contributed by atoms with Crippen LogP contribution in [0.15, 0.2) is 24.3 Å². The van der Waals surface area contributed by atoms with E-state index in [9.17, 15) is 0 Å². The van der Waals surface area contributed by atoms with Gasteiger partial charge in [-0.05, 0) is 30.9 Å².